The minimum atomic E-state index is 0.302. The van der Waals surface area contributed by atoms with Gasteiger partial charge >= 0.3 is 0 Å². The lowest BCUT2D eigenvalue weighted by atomic mass is 10.2. The zero-order chi connectivity index (χ0) is 16.8. The van der Waals surface area contributed by atoms with Crippen LogP contribution < -0.4 is 14.8 Å². The van der Waals surface area contributed by atoms with Crippen LogP contribution in [0.15, 0.2) is 30.6 Å². The zero-order valence-electron chi connectivity index (χ0n) is 13.7. The topological polar surface area (TPSA) is 80.1 Å². The number of ether oxygens (including phenoxy) is 2. The van der Waals surface area contributed by atoms with Gasteiger partial charge in [-0.25, -0.2) is 9.97 Å². The average molecular weight is 324 g/mol. The summed E-state index contributed by atoms with van der Waals surface area (Å²) in [7, 11) is 1.65. The standard InChI is InChI=1S/C18H20N4O2/c1-23-17-8-13(6-7-16(17)24-15-4-2-3-5-15)10-21-18-12-20-14(9-19)11-22-18/h6-8,11-12,15H,2-5,10H2,1H3,(H,21,22). The maximum Gasteiger partial charge on any atom is 0.161 e. The molecule has 0 spiro atoms. The third kappa shape index (κ3) is 3.93. The van der Waals surface area contributed by atoms with Crippen molar-refractivity contribution in [3.8, 4) is 17.6 Å². The van der Waals surface area contributed by atoms with E-state index in [2.05, 4.69) is 15.3 Å². The van der Waals surface area contributed by atoms with Gasteiger partial charge in [-0.15, -0.1) is 0 Å². The number of aromatic nitrogens is 2. The Morgan fingerprint density at radius 3 is 2.71 bits per heavy atom. The van der Waals surface area contributed by atoms with Crippen LogP contribution in [-0.4, -0.2) is 23.2 Å². The van der Waals surface area contributed by atoms with Gasteiger partial charge in [-0.05, 0) is 43.4 Å². The second-order valence-corrected chi connectivity index (χ2v) is 5.76. The number of hydrogen-bond donors (Lipinski definition) is 1. The van der Waals surface area contributed by atoms with E-state index in [0.717, 1.165) is 29.9 Å². The highest BCUT2D eigenvalue weighted by Gasteiger charge is 2.18. The van der Waals surface area contributed by atoms with Crippen LogP contribution in [0, 0.1) is 11.3 Å². The molecule has 124 valence electrons. The van der Waals surface area contributed by atoms with Crippen molar-refractivity contribution in [3.63, 3.8) is 0 Å². The van der Waals surface area contributed by atoms with Crippen molar-refractivity contribution in [3.05, 3.63) is 41.9 Å². The first-order valence-electron chi connectivity index (χ1n) is 8.08. The summed E-state index contributed by atoms with van der Waals surface area (Å²) >= 11 is 0. The van der Waals surface area contributed by atoms with E-state index in [0.29, 0.717) is 24.2 Å². The molecule has 0 saturated heterocycles. The van der Waals surface area contributed by atoms with Crippen molar-refractivity contribution in [1.82, 2.24) is 9.97 Å². The fourth-order valence-electron chi connectivity index (χ4n) is 2.77. The number of benzene rings is 1. The number of hydrogen-bond acceptors (Lipinski definition) is 6. The number of nitrogens with zero attached hydrogens (tertiary/aromatic N) is 3. The molecule has 6 nitrogen and oxygen atoms in total. The van der Waals surface area contributed by atoms with E-state index in [1.807, 2.05) is 24.3 Å². The number of anilines is 1. The predicted molar refractivity (Wildman–Crippen MR) is 90.0 cm³/mol. The van der Waals surface area contributed by atoms with E-state index in [9.17, 15) is 0 Å². The smallest absolute Gasteiger partial charge is 0.161 e. The van der Waals surface area contributed by atoms with Crippen LogP contribution in [0.1, 0.15) is 36.9 Å². The molecule has 0 atom stereocenters. The van der Waals surface area contributed by atoms with Crippen molar-refractivity contribution in [1.29, 1.82) is 5.26 Å². The SMILES string of the molecule is COc1cc(CNc2cnc(C#N)cn2)ccc1OC1CCCC1. The molecular formula is C18H20N4O2. The van der Waals surface area contributed by atoms with Gasteiger partial charge in [0.1, 0.15) is 11.9 Å². The second-order valence-electron chi connectivity index (χ2n) is 5.76. The van der Waals surface area contributed by atoms with Crippen LogP contribution in [0.4, 0.5) is 5.82 Å². The number of nitriles is 1. The Morgan fingerprint density at radius 1 is 1.21 bits per heavy atom. The Labute approximate surface area is 141 Å². The molecule has 1 aliphatic rings. The third-order valence-corrected chi connectivity index (χ3v) is 4.06. The molecule has 3 rings (SSSR count). The maximum absolute atomic E-state index is 8.72. The van der Waals surface area contributed by atoms with E-state index in [1.54, 1.807) is 13.3 Å². The Bertz CT molecular complexity index is 719. The van der Waals surface area contributed by atoms with Gasteiger partial charge in [-0.3, -0.25) is 0 Å². The Kier molecular flexibility index (Phi) is 5.12. The van der Waals surface area contributed by atoms with Gasteiger partial charge in [0.05, 0.1) is 25.6 Å². The van der Waals surface area contributed by atoms with Gasteiger partial charge in [0, 0.05) is 6.54 Å². The summed E-state index contributed by atoms with van der Waals surface area (Å²) in [5.74, 6) is 2.16. The van der Waals surface area contributed by atoms with Gasteiger partial charge in [-0.2, -0.15) is 5.26 Å². The fraction of sp³-hybridized carbons (Fsp3) is 0.389. The molecule has 1 fully saturated rings. The molecule has 24 heavy (non-hydrogen) atoms. The summed E-state index contributed by atoms with van der Waals surface area (Å²) in [5, 5.41) is 11.9. The van der Waals surface area contributed by atoms with E-state index in [4.69, 9.17) is 14.7 Å². The molecule has 0 radical (unpaired) electrons. The van der Waals surface area contributed by atoms with Crippen LogP contribution in [0.25, 0.3) is 0 Å². The maximum atomic E-state index is 8.72. The van der Waals surface area contributed by atoms with Crippen LogP contribution in [0.3, 0.4) is 0 Å². The monoisotopic (exact) mass is 324 g/mol. The summed E-state index contributed by atoms with van der Waals surface area (Å²) in [4.78, 5) is 8.12. The van der Waals surface area contributed by atoms with Crippen molar-refractivity contribution in [2.75, 3.05) is 12.4 Å². The highest BCUT2D eigenvalue weighted by molar-refractivity contribution is 5.44. The second kappa shape index (κ2) is 7.64. The lowest BCUT2D eigenvalue weighted by Gasteiger charge is -2.16. The minimum Gasteiger partial charge on any atom is -0.493 e. The summed E-state index contributed by atoms with van der Waals surface area (Å²) in [6.45, 7) is 0.584. The molecule has 6 heteroatoms. The molecule has 1 N–H and O–H groups in total. The van der Waals surface area contributed by atoms with Gasteiger partial charge in [0.25, 0.3) is 0 Å². The Morgan fingerprint density at radius 2 is 2.04 bits per heavy atom. The molecule has 1 aromatic carbocycles. The van der Waals surface area contributed by atoms with Crippen molar-refractivity contribution in [2.24, 2.45) is 0 Å². The van der Waals surface area contributed by atoms with Gasteiger partial charge in [-0.1, -0.05) is 6.07 Å². The quantitative estimate of drug-likeness (QED) is 0.878. The van der Waals surface area contributed by atoms with Crippen molar-refractivity contribution in [2.45, 2.75) is 38.3 Å². The van der Waals surface area contributed by atoms with E-state index in [-0.39, 0.29) is 0 Å². The highest BCUT2D eigenvalue weighted by atomic mass is 16.5. The lowest BCUT2D eigenvalue weighted by Crippen LogP contribution is -2.11. The van der Waals surface area contributed by atoms with Crippen LogP contribution >= 0.6 is 0 Å². The Balaban J connectivity index is 1.64. The molecule has 1 heterocycles. The summed E-state index contributed by atoms with van der Waals surface area (Å²) in [5.41, 5.74) is 1.35. The summed E-state index contributed by atoms with van der Waals surface area (Å²) in [6, 6.07) is 7.88. The summed E-state index contributed by atoms with van der Waals surface area (Å²) < 4.78 is 11.5. The number of nitrogens with one attached hydrogen (secondary N) is 1. The first-order chi connectivity index (χ1) is 11.8. The third-order valence-electron chi connectivity index (χ3n) is 4.06. The van der Waals surface area contributed by atoms with E-state index >= 15 is 0 Å². The van der Waals surface area contributed by atoms with Crippen molar-refractivity contribution < 1.29 is 9.47 Å². The molecule has 0 unspecified atom stereocenters. The molecule has 1 saturated carbocycles. The van der Waals surface area contributed by atoms with Crippen molar-refractivity contribution >= 4 is 5.82 Å². The largest absolute Gasteiger partial charge is 0.493 e. The highest BCUT2D eigenvalue weighted by Crippen LogP contribution is 2.32. The van der Waals surface area contributed by atoms with Gasteiger partial charge in [0.15, 0.2) is 17.2 Å². The summed E-state index contributed by atoms with van der Waals surface area (Å²) in [6.07, 6.45) is 8.00. The lowest BCUT2D eigenvalue weighted by molar-refractivity contribution is 0.200. The van der Waals surface area contributed by atoms with Crippen LogP contribution in [0.2, 0.25) is 0 Å². The molecule has 0 bridgehead atoms. The van der Waals surface area contributed by atoms with E-state index in [1.165, 1.54) is 19.0 Å². The van der Waals surface area contributed by atoms with Gasteiger partial charge in [0.2, 0.25) is 0 Å². The van der Waals surface area contributed by atoms with E-state index < -0.39 is 0 Å². The Hall–Kier alpha value is -2.81. The minimum absolute atomic E-state index is 0.302. The molecular weight excluding hydrogens is 304 g/mol. The zero-order valence-corrected chi connectivity index (χ0v) is 13.7. The molecule has 2 aromatic rings. The average Bonchev–Trinajstić information content (AvgIpc) is 3.14. The fourth-order valence-corrected chi connectivity index (χ4v) is 2.77. The van der Waals surface area contributed by atoms with Gasteiger partial charge < -0.3 is 14.8 Å². The number of methoxy groups -OCH3 is 1. The molecule has 0 aliphatic heterocycles. The first-order valence-corrected chi connectivity index (χ1v) is 8.08. The molecule has 1 aliphatic carbocycles. The van der Waals surface area contributed by atoms with Crippen LogP contribution in [0.5, 0.6) is 11.5 Å². The first kappa shape index (κ1) is 16.1. The number of rotatable bonds is 6. The normalized spacial score (nSPS) is 14.2. The molecule has 1 aromatic heterocycles. The predicted octanol–water partition coefficient (Wildman–Crippen LogP) is 3.29. The molecule has 0 amide bonds. The van der Waals surface area contributed by atoms with Crippen LogP contribution in [-0.2, 0) is 6.54 Å².